The fraction of sp³-hybridized carbons (Fsp3) is 0.143. The molecule has 0 aliphatic rings. The topological polar surface area (TPSA) is 80.9 Å². The Morgan fingerprint density at radius 2 is 1.85 bits per heavy atom. The molecule has 4 rings (SSSR count). The molecule has 6 heteroatoms. The SMILES string of the molecule is CC(C)c1cc(C(=O)Nc2ccc(-c3nnco3)cc2)c2ccccc2n1. The van der Waals surface area contributed by atoms with Crippen molar-refractivity contribution in [2.45, 2.75) is 19.8 Å². The first-order valence-electron chi connectivity index (χ1n) is 8.69. The first kappa shape index (κ1) is 16.9. The van der Waals surface area contributed by atoms with Crippen LogP contribution in [0.25, 0.3) is 22.4 Å². The predicted molar refractivity (Wildman–Crippen MR) is 104 cm³/mol. The lowest BCUT2D eigenvalue weighted by Gasteiger charge is -2.12. The molecule has 4 aromatic rings. The first-order valence-corrected chi connectivity index (χ1v) is 8.69. The highest BCUT2D eigenvalue weighted by Crippen LogP contribution is 2.24. The third-order valence-corrected chi connectivity index (χ3v) is 4.32. The first-order chi connectivity index (χ1) is 13.1. The highest BCUT2D eigenvalue weighted by Gasteiger charge is 2.15. The van der Waals surface area contributed by atoms with Gasteiger partial charge in [0.05, 0.1) is 11.1 Å². The number of benzene rings is 2. The summed E-state index contributed by atoms with van der Waals surface area (Å²) in [4.78, 5) is 17.6. The fourth-order valence-corrected chi connectivity index (χ4v) is 2.87. The smallest absolute Gasteiger partial charge is 0.256 e. The molecule has 2 aromatic carbocycles. The van der Waals surface area contributed by atoms with Gasteiger partial charge in [-0.2, -0.15) is 0 Å². The molecule has 0 radical (unpaired) electrons. The van der Waals surface area contributed by atoms with Crippen LogP contribution < -0.4 is 5.32 Å². The summed E-state index contributed by atoms with van der Waals surface area (Å²) in [6.45, 7) is 4.13. The van der Waals surface area contributed by atoms with Crippen LogP contribution in [0.4, 0.5) is 5.69 Å². The van der Waals surface area contributed by atoms with Crippen molar-refractivity contribution >= 4 is 22.5 Å². The summed E-state index contributed by atoms with van der Waals surface area (Å²) in [6.07, 6.45) is 1.28. The summed E-state index contributed by atoms with van der Waals surface area (Å²) in [5.41, 5.74) is 3.81. The van der Waals surface area contributed by atoms with E-state index in [4.69, 9.17) is 4.42 Å². The Kier molecular flexibility index (Phi) is 4.38. The van der Waals surface area contributed by atoms with Crippen LogP contribution in [0.5, 0.6) is 0 Å². The zero-order chi connectivity index (χ0) is 18.8. The van der Waals surface area contributed by atoms with Crippen LogP contribution in [-0.2, 0) is 0 Å². The van der Waals surface area contributed by atoms with E-state index in [1.807, 2.05) is 54.6 Å². The molecule has 0 atom stereocenters. The third kappa shape index (κ3) is 3.42. The molecule has 0 spiro atoms. The van der Waals surface area contributed by atoms with Crippen molar-refractivity contribution in [3.8, 4) is 11.5 Å². The maximum absolute atomic E-state index is 12.9. The van der Waals surface area contributed by atoms with E-state index in [-0.39, 0.29) is 11.8 Å². The van der Waals surface area contributed by atoms with Gasteiger partial charge in [-0.25, -0.2) is 0 Å². The minimum atomic E-state index is -0.166. The standard InChI is InChI=1S/C21H18N4O2/c1-13(2)19-11-17(16-5-3-4-6-18(16)24-19)20(26)23-15-9-7-14(8-10-15)21-25-22-12-27-21/h3-13H,1-2H3,(H,23,26). The molecule has 2 aromatic heterocycles. The molecule has 0 aliphatic heterocycles. The van der Waals surface area contributed by atoms with Crippen LogP contribution >= 0.6 is 0 Å². The molecular formula is C21H18N4O2. The minimum absolute atomic E-state index is 0.166. The molecule has 134 valence electrons. The van der Waals surface area contributed by atoms with Gasteiger partial charge in [-0.1, -0.05) is 32.0 Å². The molecule has 0 bridgehead atoms. The molecule has 2 heterocycles. The fourth-order valence-electron chi connectivity index (χ4n) is 2.87. The van der Waals surface area contributed by atoms with E-state index < -0.39 is 0 Å². The number of hydrogen-bond donors (Lipinski definition) is 1. The number of para-hydroxylation sites is 1. The van der Waals surface area contributed by atoms with Gasteiger partial charge >= 0.3 is 0 Å². The molecule has 0 saturated carbocycles. The van der Waals surface area contributed by atoms with Crippen LogP contribution in [0, 0.1) is 0 Å². The van der Waals surface area contributed by atoms with Crippen LogP contribution in [0.3, 0.4) is 0 Å². The van der Waals surface area contributed by atoms with Crippen molar-refractivity contribution in [2.24, 2.45) is 0 Å². The number of pyridine rings is 1. The largest absolute Gasteiger partial charge is 0.423 e. The molecule has 0 fully saturated rings. The second kappa shape index (κ2) is 6.99. The Hall–Kier alpha value is -3.54. The monoisotopic (exact) mass is 358 g/mol. The van der Waals surface area contributed by atoms with Gasteiger partial charge in [-0.05, 0) is 42.3 Å². The normalized spacial score (nSPS) is 11.1. The number of fused-ring (bicyclic) bond motifs is 1. The lowest BCUT2D eigenvalue weighted by molar-refractivity contribution is 0.102. The van der Waals surface area contributed by atoms with Gasteiger partial charge in [-0.15, -0.1) is 10.2 Å². The van der Waals surface area contributed by atoms with Gasteiger partial charge in [0.2, 0.25) is 12.3 Å². The highest BCUT2D eigenvalue weighted by atomic mass is 16.4. The zero-order valence-electron chi connectivity index (χ0n) is 15.0. The lowest BCUT2D eigenvalue weighted by atomic mass is 10.0. The lowest BCUT2D eigenvalue weighted by Crippen LogP contribution is -2.13. The van der Waals surface area contributed by atoms with E-state index in [0.29, 0.717) is 17.1 Å². The molecule has 27 heavy (non-hydrogen) atoms. The van der Waals surface area contributed by atoms with Crippen molar-refractivity contribution in [3.05, 3.63) is 72.2 Å². The maximum atomic E-state index is 12.9. The van der Waals surface area contributed by atoms with E-state index in [1.54, 1.807) is 0 Å². The predicted octanol–water partition coefficient (Wildman–Crippen LogP) is 4.66. The van der Waals surface area contributed by atoms with Gasteiger partial charge in [0.1, 0.15) is 0 Å². The second-order valence-corrected chi connectivity index (χ2v) is 6.54. The molecule has 1 N–H and O–H groups in total. The number of anilines is 1. The summed E-state index contributed by atoms with van der Waals surface area (Å²) in [5.74, 6) is 0.505. The molecule has 1 amide bonds. The Balaban J connectivity index is 1.65. The highest BCUT2D eigenvalue weighted by molar-refractivity contribution is 6.12. The van der Waals surface area contributed by atoms with E-state index in [2.05, 4.69) is 34.3 Å². The number of carbonyl (C=O) groups excluding carboxylic acids is 1. The van der Waals surface area contributed by atoms with Crippen LogP contribution in [0.15, 0.2) is 65.4 Å². The minimum Gasteiger partial charge on any atom is -0.423 e. The Labute approximate surface area is 156 Å². The third-order valence-electron chi connectivity index (χ3n) is 4.32. The number of hydrogen-bond acceptors (Lipinski definition) is 5. The summed E-state index contributed by atoms with van der Waals surface area (Å²) < 4.78 is 5.18. The summed E-state index contributed by atoms with van der Waals surface area (Å²) >= 11 is 0. The summed E-state index contributed by atoms with van der Waals surface area (Å²) in [5, 5.41) is 11.3. The number of nitrogens with one attached hydrogen (secondary N) is 1. The van der Waals surface area contributed by atoms with E-state index in [0.717, 1.165) is 22.2 Å². The van der Waals surface area contributed by atoms with Gasteiger partial charge in [0, 0.05) is 22.3 Å². The van der Waals surface area contributed by atoms with E-state index in [1.165, 1.54) is 6.39 Å². The summed E-state index contributed by atoms with van der Waals surface area (Å²) in [7, 11) is 0. The van der Waals surface area contributed by atoms with Crippen molar-refractivity contribution < 1.29 is 9.21 Å². The maximum Gasteiger partial charge on any atom is 0.256 e. The van der Waals surface area contributed by atoms with Crippen LogP contribution in [0.1, 0.15) is 35.8 Å². The number of amides is 1. The molecule has 6 nitrogen and oxygen atoms in total. The zero-order valence-corrected chi connectivity index (χ0v) is 15.0. The quantitative estimate of drug-likeness (QED) is 0.574. The number of aromatic nitrogens is 3. The van der Waals surface area contributed by atoms with Crippen LogP contribution in [0.2, 0.25) is 0 Å². The number of nitrogens with zero attached hydrogens (tertiary/aromatic N) is 3. The molecule has 0 saturated heterocycles. The van der Waals surface area contributed by atoms with Crippen LogP contribution in [-0.4, -0.2) is 21.1 Å². The Morgan fingerprint density at radius 1 is 1.07 bits per heavy atom. The van der Waals surface area contributed by atoms with Gasteiger partial charge in [0.15, 0.2) is 0 Å². The Bertz CT molecular complexity index is 1090. The van der Waals surface area contributed by atoms with Gasteiger partial charge in [-0.3, -0.25) is 9.78 Å². The number of rotatable bonds is 4. The number of carbonyl (C=O) groups is 1. The van der Waals surface area contributed by atoms with Crippen molar-refractivity contribution in [3.63, 3.8) is 0 Å². The molecule has 0 aliphatic carbocycles. The van der Waals surface area contributed by atoms with Crippen molar-refractivity contribution in [1.82, 2.24) is 15.2 Å². The second-order valence-electron chi connectivity index (χ2n) is 6.54. The van der Waals surface area contributed by atoms with Gasteiger partial charge in [0.25, 0.3) is 5.91 Å². The van der Waals surface area contributed by atoms with Crippen molar-refractivity contribution in [2.75, 3.05) is 5.32 Å². The average Bonchev–Trinajstić information content (AvgIpc) is 3.22. The summed E-state index contributed by atoms with van der Waals surface area (Å²) in [6, 6.07) is 16.8. The van der Waals surface area contributed by atoms with Crippen molar-refractivity contribution in [1.29, 1.82) is 0 Å². The average molecular weight is 358 g/mol. The Morgan fingerprint density at radius 3 is 2.56 bits per heavy atom. The molecule has 0 unspecified atom stereocenters. The van der Waals surface area contributed by atoms with E-state index in [9.17, 15) is 4.79 Å². The van der Waals surface area contributed by atoms with Gasteiger partial charge < -0.3 is 9.73 Å². The molecular weight excluding hydrogens is 340 g/mol. The van der Waals surface area contributed by atoms with E-state index >= 15 is 0 Å².